The first-order chi connectivity index (χ1) is 10.3. The van der Waals surface area contributed by atoms with Crippen molar-refractivity contribution in [2.75, 3.05) is 13.2 Å². The highest BCUT2D eigenvalue weighted by Gasteiger charge is 2.01. The van der Waals surface area contributed by atoms with Gasteiger partial charge in [0.2, 0.25) is 0 Å². The topological polar surface area (TPSA) is 53.5 Å². The number of nitrogens with zero attached hydrogens (tertiary/aromatic N) is 2. The number of ether oxygens (including phenoxy) is 3. The molecule has 1 heterocycles. The summed E-state index contributed by atoms with van der Waals surface area (Å²) in [6, 6.07) is 9.68. The maximum Gasteiger partial charge on any atom is 0.316 e. The summed E-state index contributed by atoms with van der Waals surface area (Å²) in [5.74, 6) is 1.63. The summed E-state index contributed by atoms with van der Waals surface area (Å²) >= 11 is 0. The van der Waals surface area contributed by atoms with Crippen LogP contribution in [0.2, 0.25) is 0 Å². The summed E-state index contributed by atoms with van der Waals surface area (Å²) in [5, 5.41) is 0. The molecule has 0 fully saturated rings. The van der Waals surface area contributed by atoms with Crippen molar-refractivity contribution in [3.8, 4) is 17.5 Å². The average Bonchev–Trinajstić information content (AvgIpc) is 2.54. The van der Waals surface area contributed by atoms with Crippen molar-refractivity contribution in [3.63, 3.8) is 0 Å². The van der Waals surface area contributed by atoms with Gasteiger partial charge < -0.3 is 14.2 Å². The zero-order valence-corrected chi connectivity index (χ0v) is 12.4. The molecular formula is C16H20N2O3. The number of benzene rings is 1. The molecule has 0 bridgehead atoms. The molecule has 112 valence electrons. The second-order valence-electron chi connectivity index (χ2n) is 4.54. The minimum absolute atomic E-state index is 0.219. The Hall–Kier alpha value is -2.30. The molecule has 0 spiro atoms. The standard InChI is InChI=1S/C16H20N2O3/c1-3-13(2)21-15-7-5-14(6-8-15)19-11-12-20-16-17-9-4-10-18-16/h4-10,13H,3,11-12H2,1-2H3. The summed E-state index contributed by atoms with van der Waals surface area (Å²) in [5.41, 5.74) is 0. The van der Waals surface area contributed by atoms with Crippen molar-refractivity contribution in [2.24, 2.45) is 0 Å². The lowest BCUT2D eigenvalue weighted by Gasteiger charge is -2.13. The van der Waals surface area contributed by atoms with Crippen molar-refractivity contribution in [1.82, 2.24) is 9.97 Å². The monoisotopic (exact) mass is 288 g/mol. The Balaban J connectivity index is 1.71. The van der Waals surface area contributed by atoms with Crippen LogP contribution in [0.1, 0.15) is 20.3 Å². The third-order valence-corrected chi connectivity index (χ3v) is 2.86. The van der Waals surface area contributed by atoms with E-state index in [-0.39, 0.29) is 6.10 Å². The molecular weight excluding hydrogens is 268 g/mol. The first-order valence-electron chi connectivity index (χ1n) is 7.07. The Kier molecular flexibility index (Phi) is 5.82. The fourth-order valence-corrected chi connectivity index (χ4v) is 1.58. The molecule has 1 atom stereocenters. The SMILES string of the molecule is CCC(C)Oc1ccc(OCCOc2ncccn2)cc1. The zero-order chi connectivity index (χ0) is 14.9. The largest absolute Gasteiger partial charge is 0.491 e. The average molecular weight is 288 g/mol. The summed E-state index contributed by atoms with van der Waals surface area (Å²) in [6.45, 7) is 4.98. The van der Waals surface area contributed by atoms with Gasteiger partial charge in [-0.3, -0.25) is 0 Å². The Morgan fingerprint density at radius 2 is 1.57 bits per heavy atom. The molecule has 1 unspecified atom stereocenters. The van der Waals surface area contributed by atoms with E-state index < -0.39 is 0 Å². The second kappa shape index (κ2) is 8.09. The van der Waals surface area contributed by atoms with Gasteiger partial charge in [-0.15, -0.1) is 0 Å². The van der Waals surface area contributed by atoms with E-state index >= 15 is 0 Å². The predicted molar refractivity (Wildman–Crippen MR) is 79.8 cm³/mol. The smallest absolute Gasteiger partial charge is 0.316 e. The molecule has 1 aromatic carbocycles. The maximum absolute atomic E-state index is 5.71. The van der Waals surface area contributed by atoms with Crippen LogP contribution >= 0.6 is 0 Å². The van der Waals surface area contributed by atoms with Crippen molar-refractivity contribution in [2.45, 2.75) is 26.4 Å². The van der Waals surface area contributed by atoms with E-state index in [9.17, 15) is 0 Å². The first-order valence-corrected chi connectivity index (χ1v) is 7.07. The van der Waals surface area contributed by atoms with Gasteiger partial charge in [0.25, 0.3) is 0 Å². The molecule has 21 heavy (non-hydrogen) atoms. The van der Waals surface area contributed by atoms with E-state index in [0.29, 0.717) is 19.2 Å². The number of hydrogen-bond donors (Lipinski definition) is 0. The van der Waals surface area contributed by atoms with Gasteiger partial charge in [0.05, 0.1) is 6.10 Å². The van der Waals surface area contributed by atoms with Gasteiger partial charge >= 0.3 is 6.01 Å². The van der Waals surface area contributed by atoms with E-state index in [1.807, 2.05) is 31.2 Å². The molecule has 0 N–H and O–H groups in total. The zero-order valence-electron chi connectivity index (χ0n) is 12.4. The maximum atomic E-state index is 5.71. The van der Waals surface area contributed by atoms with Gasteiger partial charge in [-0.05, 0) is 43.7 Å². The minimum Gasteiger partial charge on any atom is -0.491 e. The van der Waals surface area contributed by atoms with Crippen molar-refractivity contribution >= 4 is 0 Å². The molecule has 2 rings (SSSR count). The van der Waals surface area contributed by atoms with Gasteiger partial charge in [0.1, 0.15) is 24.7 Å². The van der Waals surface area contributed by atoms with Gasteiger partial charge in [-0.1, -0.05) is 6.92 Å². The van der Waals surface area contributed by atoms with Crippen LogP contribution in [-0.2, 0) is 0 Å². The Morgan fingerprint density at radius 1 is 0.952 bits per heavy atom. The van der Waals surface area contributed by atoms with Gasteiger partial charge in [-0.2, -0.15) is 0 Å². The lowest BCUT2D eigenvalue weighted by molar-refractivity contribution is 0.204. The van der Waals surface area contributed by atoms with E-state index in [2.05, 4.69) is 16.9 Å². The third kappa shape index (κ3) is 5.30. The highest BCUT2D eigenvalue weighted by molar-refractivity contribution is 5.31. The van der Waals surface area contributed by atoms with Crippen LogP contribution in [0.15, 0.2) is 42.7 Å². The molecule has 0 saturated heterocycles. The summed E-state index contributed by atoms with van der Waals surface area (Å²) in [6.07, 6.45) is 4.48. The van der Waals surface area contributed by atoms with E-state index in [1.165, 1.54) is 0 Å². The van der Waals surface area contributed by atoms with Gasteiger partial charge in [0.15, 0.2) is 0 Å². The second-order valence-corrected chi connectivity index (χ2v) is 4.54. The molecule has 0 amide bonds. The minimum atomic E-state index is 0.219. The van der Waals surface area contributed by atoms with E-state index in [1.54, 1.807) is 18.5 Å². The normalized spacial score (nSPS) is 11.7. The molecule has 0 aliphatic heterocycles. The quantitative estimate of drug-likeness (QED) is 0.699. The van der Waals surface area contributed by atoms with Crippen molar-refractivity contribution < 1.29 is 14.2 Å². The molecule has 5 heteroatoms. The highest BCUT2D eigenvalue weighted by Crippen LogP contribution is 2.19. The first kappa shape index (κ1) is 15.1. The third-order valence-electron chi connectivity index (χ3n) is 2.86. The summed E-state index contributed by atoms with van der Waals surface area (Å²) in [7, 11) is 0. The lowest BCUT2D eigenvalue weighted by Crippen LogP contribution is -2.11. The molecule has 0 saturated carbocycles. The highest BCUT2D eigenvalue weighted by atomic mass is 16.5. The van der Waals surface area contributed by atoms with Crippen LogP contribution in [0.4, 0.5) is 0 Å². The Bertz CT molecular complexity index is 517. The van der Waals surface area contributed by atoms with Crippen LogP contribution in [0.25, 0.3) is 0 Å². The molecule has 2 aromatic rings. The number of hydrogen-bond acceptors (Lipinski definition) is 5. The molecule has 0 aliphatic rings. The van der Waals surface area contributed by atoms with Crippen LogP contribution < -0.4 is 14.2 Å². The number of aromatic nitrogens is 2. The van der Waals surface area contributed by atoms with Crippen molar-refractivity contribution in [1.29, 1.82) is 0 Å². The molecule has 0 radical (unpaired) electrons. The molecule has 5 nitrogen and oxygen atoms in total. The molecule has 1 aromatic heterocycles. The lowest BCUT2D eigenvalue weighted by atomic mass is 10.3. The Morgan fingerprint density at radius 3 is 2.24 bits per heavy atom. The summed E-state index contributed by atoms with van der Waals surface area (Å²) in [4.78, 5) is 7.93. The fraction of sp³-hybridized carbons (Fsp3) is 0.375. The van der Waals surface area contributed by atoms with E-state index in [0.717, 1.165) is 17.9 Å². The summed E-state index contributed by atoms with van der Waals surface area (Å²) < 4.78 is 16.6. The Labute approximate surface area is 124 Å². The number of rotatable bonds is 8. The fourth-order valence-electron chi connectivity index (χ4n) is 1.58. The van der Waals surface area contributed by atoms with Crippen LogP contribution in [-0.4, -0.2) is 29.3 Å². The van der Waals surface area contributed by atoms with E-state index in [4.69, 9.17) is 14.2 Å². The van der Waals surface area contributed by atoms with Crippen molar-refractivity contribution in [3.05, 3.63) is 42.7 Å². The van der Waals surface area contributed by atoms with Gasteiger partial charge in [0, 0.05) is 12.4 Å². The van der Waals surface area contributed by atoms with Crippen LogP contribution in [0.3, 0.4) is 0 Å². The van der Waals surface area contributed by atoms with Crippen LogP contribution in [0, 0.1) is 0 Å². The van der Waals surface area contributed by atoms with Crippen LogP contribution in [0.5, 0.6) is 17.5 Å². The van der Waals surface area contributed by atoms with Gasteiger partial charge in [-0.25, -0.2) is 9.97 Å². The predicted octanol–water partition coefficient (Wildman–Crippen LogP) is 3.11. The molecule has 0 aliphatic carbocycles.